The first-order chi connectivity index (χ1) is 11.0. The second kappa shape index (κ2) is 6.92. The maximum Gasteiger partial charge on any atom is 0.290 e. The number of hydrazine groups is 1. The largest absolute Gasteiger partial charge is 0.335 e. The number of para-hydroxylation sites is 1. The van der Waals surface area contributed by atoms with E-state index < -0.39 is 6.04 Å². The van der Waals surface area contributed by atoms with Crippen molar-refractivity contribution in [2.45, 2.75) is 32.4 Å². The maximum atomic E-state index is 12.5. The highest BCUT2D eigenvalue weighted by atomic mass is 16.2. The monoisotopic (exact) mass is 313 g/mol. The second-order valence-corrected chi connectivity index (χ2v) is 5.40. The fraction of sp³-hybridized carbons (Fsp3) is 0.375. The molecule has 0 bridgehead atoms. The Balaban J connectivity index is 2.23. The summed E-state index contributed by atoms with van der Waals surface area (Å²) >= 11 is 0. The van der Waals surface area contributed by atoms with Gasteiger partial charge in [0.05, 0.1) is 18.2 Å². The number of aliphatic imine (C=N–C) groups is 1. The predicted molar refractivity (Wildman–Crippen MR) is 86.4 cm³/mol. The van der Waals surface area contributed by atoms with Crippen molar-refractivity contribution in [1.29, 1.82) is 5.26 Å². The van der Waals surface area contributed by atoms with E-state index in [0.717, 1.165) is 0 Å². The molecule has 1 aromatic carbocycles. The van der Waals surface area contributed by atoms with E-state index in [-0.39, 0.29) is 30.1 Å². The Labute approximate surface area is 135 Å². The number of carbonyl (C=O) groups excluding carboxylic acids is 2. The lowest BCUT2D eigenvalue weighted by atomic mass is 10.2. The predicted octanol–water partition coefficient (Wildman–Crippen LogP) is 1.09. The Morgan fingerprint density at radius 1 is 1.48 bits per heavy atom. The van der Waals surface area contributed by atoms with Gasteiger partial charge in [-0.15, -0.1) is 0 Å². The van der Waals surface area contributed by atoms with Crippen molar-refractivity contribution in [3.63, 3.8) is 0 Å². The van der Waals surface area contributed by atoms with Gasteiger partial charge in [-0.3, -0.25) is 15.0 Å². The van der Waals surface area contributed by atoms with Crippen LogP contribution in [-0.4, -0.2) is 41.7 Å². The molecule has 1 aliphatic rings. The average Bonchev–Trinajstić information content (AvgIpc) is 2.56. The summed E-state index contributed by atoms with van der Waals surface area (Å²) in [6.07, 6.45) is 0.229. The molecule has 7 heteroatoms. The minimum atomic E-state index is -0.657. The third-order valence-electron chi connectivity index (χ3n) is 3.70. The highest BCUT2D eigenvalue weighted by Gasteiger charge is 2.32. The first-order valence-corrected chi connectivity index (χ1v) is 7.33. The number of nitrogens with one attached hydrogen (secondary N) is 1. The number of nitrogens with zero attached hydrogens (tertiary/aromatic N) is 4. The first-order valence-electron chi connectivity index (χ1n) is 7.33. The number of anilines is 1. The van der Waals surface area contributed by atoms with Crippen LogP contribution < -0.4 is 10.4 Å². The number of benzene rings is 1. The summed E-state index contributed by atoms with van der Waals surface area (Å²) in [5.74, 6) is -0.498. The molecule has 2 rings (SSSR count). The number of amides is 2. The lowest BCUT2D eigenvalue weighted by Gasteiger charge is -2.32. The molecule has 0 radical (unpaired) electrons. The van der Waals surface area contributed by atoms with Crippen LogP contribution in [0.3, 0.4) is 0 Å². The number of hydrogen-bond acceptors (Lipinski definition) is 5. The zero-order chi connectivity index (χ0) is 17.0. The molecule has 0 aliphatic carbocycles. The summed E-state index contributed by atoms with van der Waals surface area (Å²) in [5, 5.41) is 10.1. The van der Waals surface area contributed by atoms with Crippen LogP contribution in [0.15, 0.2) is 35.3 Å². The molecule has 0 saturated heterocycles. The SMILES string of the molecule is CC1N=C(C(=O)N(C)C(C)CC#N)NN(c2ccccc2)C1=O. The molecule has 1 N–H and O–H groups in total. The van der Waals surface area contributed by atoms with Gasteiger partial charge < -0.3 is 4.90 Å². The van der Waals surface area contributed by atoms with Gasteiger partial charge in [0.2, 0.25) is 5.84 Å². The van der Waals surface area contributed by atoms with E-state index >= 15 is 0 Å². The van der Waals surface area contributed by atoms with Gasteiger partial charge in [-0.1, -0.05) is 18.2 Å². The molecule has 2 unspecified atom stereocenters. The molecule has 120 valence electrons. The van der Waals surface area contributed by atoms with Gasteiger partial charge in [0.1, 0.15) is 6.04 Å². The van der Waals surface area contributed by atoms with Crippen LogP contribution in [0.5, 0.6) is 0 Å². The summed E-state index contributed by atoms with van der Waals surface area (Å²) < 4.78 is 0. The molecule has 1 aromatic rings. The smallest absolute Gasteiger partial charge is 0.290 e. The Hall–Kier alpha value is -2.88. The van der Waals surface area contributed by atoms with Gasteiger partial charge >= 0.3 is 0 Å². The number of likely N-dealkylation sites (N-methyl/N-ethyl adjacent to an activating group) is 1. The Morgan fingerprint density at radius 2 is 2.13 bits per heavy atom. The third kappa shape index (κ3) is 3.48. The van der Waals surface area contributed by atoms with Crippen molar-refractivity contribution in [2.24, 2.45) is 4.99 Å². The van der Waals surface area contributed by atoms with Gasteiger partial charge in [0, 0.05) is 13.1 Å². The zero-order valence-electron chi connectivity index (χ0n) is 13.4. The summed E-state index contributed by atoms with van der Waals surface area (Å²) in [5.41, 5.74) is 3.42. The molecule has 1 aliphatic heterocycles. The second-order valence-electron chi connectivity index (χ2n) is 5.40. The van der Waals surface area contributed by atoms with Gasteiger partial charge in [-0.25, -0.2) is 10.0 Å². The first kappa shape index (κ1) is 16.5. The van der Waals surface area contributed by atoms with Crippen molar-refractivity contribution < 1.29 is 9.59 Å². The number of nitriles is 1. The lowest BCUT2D eigenvalue weighted by molar-refractivity contribution is -0.125. The summed E-state index contributed by atoms with van der Waals surface area (Å²) in [7, 11) is 1.61. The van der Waals surface area contributed by atoms with E-state index in [1.807, 2.05) is 24.3 Å². The standard InChI is InChI=1S/C16H19N5O2/c1-11(9-10-17)20(3)16(23)14-18-12(2)15(22)21(19-14)13-7-5-4-6-8-13/h4-8,11-12H,9H2,1-3H3,(H,18,19). The summed E-state index contributed by atoms with van der Waals surface area (Å²) in [6, 6.07) is 10.1. The Kier molecular flexibility index (Phi) is 4.96. The van der Waals surface area contributed by atoms with Crippen LogP contribution in [0.2, 0.25) is 0 Å². The fourth-order valence-corrected chi connectivity index (χ4v) is 2.13. The maximum absolute atomic E-state index is 12.5. The number of carbonyl (C=O) groups is 2. The van der Waals surface area contributed by atoms with Crippen molar-refractivity contribution in [2.75, 3.05) is 12.1 Å². The number of amidine groups is 1. The van der Waals surface area contributed by atoms with Gasteiger partial charge in [0.25, 0.3) is 11.8 Å². The Bertz CT molecular complexity index is 665. The third-order valence-corrected chi connectivity index (χ3v) is 3.70. The molecule has 2 amide bonds. The van der Waals surface area contributed by atoms with Crippen LogP contribution in [0.1, 0.15) is 20.3 Å². The molecular weight excluding hydrogens is 294 g/mol. The van der Waals surface area contributed by atoms with Crippen LogP contribution in [0, 0.1) is 11.3 Å². The van der Waals surface area contributed by atoms with E-state index in [0.29, 0.717) is 5.69 Å². The highest BCUT2D eigenvalue weighted by molar-refractivity contribution is 6.39. The molecular formula is C16H19N5O2. The average molecular weight is 313 g/mol. The Morgan fingerprint density at radius 3 is 2.74 bits per heavy atom. The number of hydrogen-bond donors (Lipinski definition) is 1. The molecule has 7 nitrogen and oxygen atoms in total. The normalized spacial score (nSPS) is 18.5. The van der Waals surface area contributed by atoms with Crippen molar-refractivity contribution in [1.82, 2.24) is 10.3 Å². The van der Waals surface area contributed by atoms with Crippen LogP contribution in [-0.2, 0) is 9.59 Å². The van der Waals surface area contributed by atoms with E-state index in [2.05, 4.69) is 10.4 Å². The van der Waals surface area contributed by atoms with Gasteiger partial charge in [0.15, 0.2) is 0 Å². The molecule has 0 saturated carbocycles. The molecule has 2 atom stereocenters. The van der Waals surface area contributed by atoms with Crippen LogP contribution in [0.4, 0.5) is 5.69 Å². The molecule has 0 spiro atoms. The molecule has 0 aromatic heterocycles. The topological polar surface area (TPSA) is 88.8 Å². The molecule has 1 heterocycles. The lowest BCUT2D eigenvalue weighted by Crippen LogP contribution is -2.58. The summed E-state index contributed by atoms with van der Waals surface area (Å²) in [6.45, 7) is 3.43. The van der Waals surface area contributed by atoms with E-state index in [9.17, 15) is 9.59 Å². The zero-order valence-corrected chi connectivity index (χ0v) is 13.4. The molecule has 23 heavy (non-hydrogen) atoms. The van der Waals surface area contributed by atoms with E-state index in [1.165, 1.54) is 9.91 Å². The fourth-order valence-electron chi connectivity index (χ4n) is 2.13. The van der Waals surface area contributed by atoms with Gasteiger partial charge in [-0.05, 0) is 26.0 Å². The quantitative estimate of drug-likeness (QED) is 0.901. The minimum Gasteiger partial charge on any atom is -0.335 e. The van der Waals surface area contributed by atoms with Crippen LogP contribution in [0.25, 0.3) is 0 Å². The van der Waals surface area contributed by atoms with Crippen molar-refractivity contribution in [3.05, 3.63) is 30.3 Å². The molecule has 0 fully saturated rings. The van der Waals surface area contributed by atoms with Gasteiger partial charge in [-0.2, -0.15) is 5.26 Å². The van der Waals surface area contributed by atoms with Crippen molar-refractivity contribution >= 4 is 23.3 Å². The number of rotatable bonds is 4. The minimum absolute atomic E-state index is 0.0910. The van der Waals surface area contributed by atoms with E-state index in [1.54, 1.807) is 33.0 Å². The van der Waals surface area contributed by atoms with Crippen LogP contribution >= 0.6 is 0 Å². The van der Waals surface area contributed by atoms with Crippen molar-refractivity contribution in [3.8, 4) is 6.07 Å². The summed E-state index contributed by atoms with van der Waals surface area (Å²) in [4.78, 5) is 30.4. The van der Waals surface area contributed by atoms with E-state index in [4.69, 9.17) is 5.26 Å². The highest BCUT2D eigenvalue weighted by Crippen LogP contribution is 2.16.